The lowest BCUT2D eigenvalue weighted by atomic mass is 10.0. The molecule has 0 unspecified atom stereocenters. The Morgan fingerprint density at radius 2 is 1.71 bits per heavy atom. The molecule has 8 nitrogen and oxygen atoms in total. The molecule has 0 aliphatic heterocycles. The summed E-state index contributed by atoms with van der Waals surface area (Å²) < 4.78 is 59.7. The van der Waals surface area contributed by atoms with Crippen LogP contribution in [0.1, 0.15) is 5.56 Å². The molecule has 3 aromatic carbocycles. The third kappa shape index (κ3) is 6.07. The molecular weight excluding hydrogens is 470 g/mol. The summed E-state index contributed by atoms with van der Waals surface area (Å²) in [6, 6.07) is 12.5. The topological polar surface area (TPSA) is 130 Å². The Balaban J connectivity index is 2.02. The maximum absolute atomic E-state index is 14.0. The van der Waals surface area contributed by atoms with Gasteiger partial charge in [-0.05, 0) is 65.7 Å². The number of nitrogen functional groups attached to an aromatic ring is 1. The van der Waals surface area contributed by atoms with Gasteiger partial charge in [-0.15, -0.1) is 0 Å². The summed E-state index contributed by atoms with van der Waals surface area (Å²) in [6.07, 6.45) is 0. The molecule has 0 aliphatic rings. The summed E-state index contributed by atoms with van der Waals surface area (Å²) in [7, 11) is -4.08. The van der Waals surface area contributed by atoms with E-state index in [1.165, 1.54) is 30.3 Å². The molecule has 0 fully saturated rings. The van der Waals surface area contributed by atoms with E-state index in [2.05, 4.69) is 0 Å². The van der Waals surface area contributed by atoms with Crippen LogP contribution in [0.3, 0.4) is 0 Å². The van der Waals surface area contributed by atoms with E-state index < -0.39 is 40.8 Å². The van der Waals surface area contributed by atoms with Gasteiger partial charge in [0.25, 0.3) is 0 Å². The van der Waals surface area contributed by atoms with Gasteiger partial charge in [0.2, 0.25) is 10.0 Å². The van der Waals surface area contributed by atoms with Crippen LogP contribution in [-0.2, 0) is 21.4 Å². The third-order valence-corrected chi connectivity index (χ3v) is 6.65. The average molecular weight is 493 g/mol. The van der Waals surface area contributed by atoms with Crippen LogP contribution in [0.15, 0.2) is 65.6 Å². The van der Waals surface area contributed by atoms with Crippen LogP contribution in [0, 0.1) is 11.6 Å². The minimum atomic E-state index is -4.08. The lowest BCUT2D eigenvalue weighted by Crippen LogP contribution is -2.33. The van der Waals surface area contributed by atoms with E-state index >= 15 is 0 Å². The van der Waals surface area contributed by atoms with Crippen LogP contribution in [0.4, 0.5) is 14.5 Å². The number of anilines is 1. The van der Waals surface area contributed by atoms with Crippen LogP contribution < -0.4 is 10.5 Å². The number of carbonyl (C=O) groups is 1. The molecule has 0 aromatic heterocycles. The summed E-state index contributed by atoms with van der Waals surface area (Å²) >= 11 is 0. The number of hydrogen-bond donors (Lipinski definition) is 3. The zero-order chi connectivity index (χ0) is 24.9. The van der Waals surface area contributed by atoms with E-state index in [0.717, 1.165) is 34.6 Å². The number of halogens is 2. The van der Waals surface area contributed by atoms with Crippen LogP contribution in [0.2, 0.25) is 0 Å². The Morgan fingerprint density at radius 3 is 2.32 bits per heavy atom. The molecule has 0 atom stereocenters. The van der Waals surface area contributed by atoms with Crippen molar-refractivity contribution in [1.82, 2.24) is 4.31 Å². The van der Waals surface area contributed by atoms with Crippen LogP contribution in [0.5, 0.6) is 5.75 Å². The average Bonchev–Trinajstić information content (AvgIpc) is 2.77. The molecule has 180 valence electrons. The van der Waals surface area contributed by atoms with E-state index in [1.807, 2.05) is 0 Å². The number of rotatable bonds is 10. The van der Waals surface area contributed by atoms with Crippen LogP contribution in [-0.4, -0.2) is 48.7 Å². The molecule has 4 N–H and O–H groups in total. The van der Waals surface area contributed by atoms with Gasteiger partial charge in [-0.2, -0.15) is 4.31 Å². The molecule has 0 saturated heterocycles. The van der Waals surface area contributed by atoms with Crippen molar-refractivity contribution in [3.05, 3.63) is 77.9 Å². The molecule has 0 spiro atoms. The van der Waals surface area contributed by atoms with Crippen molar-refractivity contribution in [2.75, 3.05) is 25.5 Å². The highest BCUT2D eigenvalue weighted by Gasteiger charge is 2.25. The number of benzene rings is 3. The Morgan fingerprint density at radius 1 is 1.00 bits per heavy atom. The Hall–Kier alpha value is -3.54. The first-order chi connectivity index (χ1) is 16.1. The largest absolute Gasteiger partial charge is 0.481 e. The molecule has 11 heteroatoms. The predicted molar refractivity (Wildman–Crippen MR) is 120 cm³/mol. The summed E-state index contributed by atoms with van der Waals surface area (Å²) in [5.74, 6) is -2.30. The third-order valence-electron chi connectivity index (χ3n) is 4.79. The Bertz CT molecular complexity index is 1260. The minimum absolute atomic E-state index is 0.130. The van der Waals surface area contributed by atoms with E-state index in [1.54, 1.807) is 0 Å². The van der Waals surface area contributed by atoms with Crippen molar-refractivity contribution >= 4 is 21.7 Å². The first-order valence-electron chi connectivity index (χ1n) is 10.0. The highest BCUT2D eigenvalue weighted by Crippen LogP contribution is 2.33. The summed E-state index contributed by atoms with van der Waals surface area (Å²) in [5.41, 5.74) is 6.92. The zero-order valence-corrected chi connectivity index (χ0v) is 18.6. The quantitative estimate of drug-likeness (QED) is 0.371. The van der Waals surface area contributed by atoms with Gasteiger partial charge in [0.05, 0.1) is 11.5 Å². The Labute approximate surface area is 194 Å². The number of hydrogen-bond acceptors (Lipinski definition) is 6. The lowest BCUT2D eigenvalue weighted by molar-refractivity contribution is -0.139. The number of carboxylic acids is 1. The van der Waals surface area contributed by atoms with Gasteiger partial charge in [-0.25, -0.2) is 22.0 Å². The van der Waals surface area contributed by atoms with E-state index in [9.17, 15) is 27.1 Å². The Kier molecular flexibility index (Phi) is 7.82. The van der Waals surface area contributed by atoms with Crippen molar-refractivity contribution in [3.63, 3.8) is 0 Å². The van der Waals surface area contributed by atoms with E-state index in [-0.39, 0.29) is 29.4 Å². The molecule has 3 aromatic rings. The van der Waals surface area contributed by atoms with Crippen molar-refractivity contribution < 1.29 is 36.9 Å². The molecule has 0 saturated carbocycles. The maximum Gasteiger partial charge on any atom is 0.341 e. The van der Waals surface area contributed by atoms with Crippen LogP contribution in [0.25, 0.3) is 11.1 Å². The molecular formula is C23H22F2N2O6S. The second kappa shape index (κ2) is 10.6. The minimum Gasteiger partial charge on any atom is -0.481 e. The standard InChI is InChI=1S/C23H22F2N2O6S/c24-17-2-4-20(5-3-17)34(31,32)27(7-8-28)13-15-1-6-22(33-14-23(29)30)21(9-15)16-10-18(25)12-19(26)11-16/h1-6,9-12,28H,7-8,13-14,26H2,(H,29,30). The molecule has 0 bridgehead atoms. The zero-order valence-electron chi connectivity index (χ0n) is 17.8. The number of nitrogens with zero attached hydrogens (tertiary/aromatic N) is 1. The predicted octanol–water partition coefficient (Wildman–Crippen LogP) is 2.86. The summed E-state index contributed by atoms with van der Waals surface area (Å²) in [4.78, 5) is 10.8. The number of aliphatic hydroxyl groups excluding tert-OH is 1. The molecule has 0 radical (unpaired) electrons. The fourth-order valence-corrected chi connectivity index (χ4v) is 4.71. The molecule has 0 heterocycles. The van der Waals surface area contributed by atoms with Gasteiger partial charge in [0, 0.05) is 24.3 Å². The number of ether oxygens (including phenoxy) is 1. The fourth-order valence-electron chi connectivity index (χ4n) is 3.29. The number of nitrogens with two attached hydrogens (primary N) is 1. The van der Waals surface area contributed by atoms with Gasteiger partial charge >= 0.3 is 5.97 Å². The molecule has 0 amide bonds. The SMILES string of the molecule is Nc1cc(F)cc(-c2cc(CN(CCO)S(=O)(=O)c3ccc(F)cc3)ccc2OCC(=O)O)c1. The molecule has 3 rings (SSSR count). The smallest absolute Gasteiger partial charge is 0.341 e. The van der Waals surface area contributed by atoms with Gasteiger partial charge < -0.3 is 20.7 Å². The van der Waals surface area contributed by atoms with Crippen LogP contribution >= 0.6 is 0 Å². The monoisotopic (exact) mass is 492 g/mol. The van der Waals surface area contributed by atoms with Gasteiger partial charge in [0.1, 0.15) is 17.4 Å². The first-order valence-corrected chi connectivity index (χ1v) is 11.4. The second-order valence-electron chi connectivity index (χ2n) is 7.30. The highest BCUT2D eigenvalue weighted by molar-refractivity contribution is 7.89. The van der Waals surface area contributed by atoms with Crippen molar-refractivity contribution in [2.24, 2.45) is 0 Å². The van der Waals surface area contributed by atoms with Crippen molar-refractivity contribution in [3.8, 4) is 16.9 Å². The summed E-state index contributed by atoms with van der Waals surface area (Å²) in [6.45, 7) is -1.53. The number of aliphatic hydroxyl groups is 1. The number of sulfonamides is 1. The molecule has 34 heavy (non-hydrogen) atoms. The second-order valence-corrected chi connectivity index (χ2v) is 9.24. The normalized spacial score (nSPS) is 11.5. The molecule has 0 aliphatic carbocycles. The summed E-state index contributed by atoms with van der Waals surface area (Å²) in [5, 5.41) is 18.4. The first kappa shape index (κ1) is 25.1. The lowest BCUT2D eigenvalue weighted by Gasteiger charge is -2.22. The number of carboxylic acid groups (broad SMARTS) is 1. The van der Waals surface area contributed by atoms with Gasteiger partial charge in [-0.3, -0.25) is 0 Å². The van der Waals surface area contributed by atoms with E-state index in [4.69, 9.17) is 15.6 Å². The fraction of sp³-hybridized carbons (Fsp3) is 0.174. The highest BCUT2D eigenvalue weighted by atomic mass is 32.2. The van der Waals surface area contributed by atoms with E-state index in [0.29, 0.717) is 16.7 Å². The number of aliphatic carboxylic acids is 1. The van der Waals surface area contributed by atoms with Crippen molar-refractivity contribution in [1.29, 1.82) is 0 Å². The maximum atomic E-state index is 14.0. The van der Waals surface area contributed by atoms with Crippen molar-refractivity contribution in [2.45, 2.75) is 11.4 Å². The van der Waals surface area contributed by atoms with Gasteiger partial charge in [-0.1, -0.05) is 6.07 Å². The van der Waals surface area contributed by atoms with Gasteiger partial charge in [0.15, 0.2) is 6.61 Å².